The molecule has 70 valence electrons. The molecular formula is C9H18N2O. The van der Waals surface area contributed by atoms with Gasteiger partial charge in [0.1, 0.15) is 0 Å². The first-order valence-corrected chi connectivity index (χ1v) is 4.72. The lowest BCUT2D eigenvalue weighted by atomic mass is 9.88. The molecule has 4 N–H and O–H groups in total. The van der Waals surface area contributed by atoms with E-state index in [0.29, 0.717) is 24.8 Å². The van der Waals surface area contributed by atoms with Crippen molar-refractivity contribution in [3.63, 3.8) is 0 Å². The minimum Gasteiger partial charge on any atom is -0.370 e. The largest absolute Gasteiger partial charge is 0.370 e. The molecule has 3 heteroatoms. The van der Waals surface area contributed by atoms with Gasteiger partial charge in [0.15, 0.2) is 0 Å². The molecule has 1 amide bonds. The van der Waals surface area contributed by atoms with E-state index in [1.54, 1.807) is 0 Å². The Hall–Kier alpha value is -0.570. The molecule has 3 nitrogen and oxygen atoms in total. The number of primary amides is 1. The van der Waals surface area contributed by atoms with Crippen LogP contribution in [0.5, 0.6) is 0 Å². The molecule has 1 unspecified atom stereocenters. The highest BCUT2D eigenvalue weighted by Crippen LogP contribution is 2.32. The minimum atomic E-state index is -0.211. The van der Waals surface area contributed by atoms with Crippen molar-refractivity contribution in [2.45, 2.75) is 32.1 Å². The van der Waals surface area contributed by atoms with E-state index in [2.05, 4.69) is 0 Å². The van der Waals surface area contributed by atoms with Crippen molar-refractivity contribution >= 4 is 5.91 Å². The van der Waals surface area contributed by atoms with Crippen LogP contribution in [0.15, 0.2) is 0 Å². The van der Waals surface area contributed by atoms with Crippen LogP contribution in [-0.4, -0.2) is 12.5 Å². The van der Waals surface area contributed by atoms with Crippen LogP contribution >= 0.6 is 0 Å². The maximum atomic E-state index is 10.7. The van der Waals surface area contributed by atoms with Crippen molar-refractivity contribution in [3.8, 4) is 0 Å². The standard InChI is InChI=1S/C9H18N2O/c10-6-8(5-9(11)12)7-3-1-2-4-7/h7-8H,1-6,10H2,(H2,11,12). The number of hydrogen-bond acceptors (Lipinski definition) is 2. The van der Waals surface area contributed by atoms with Gasteiger partial charge in [0.05, 0.1) is 0 Å². The normalized spacial score (nSPS) is 21.1. The summed E-state index contributed by atoms with van der Waals surface area (Å²) in [5.41, 5.74) is 10.7. The zero-order valence-corrected chi connectivity index (χ0v) is 7.46. The molecule has 0 saturated heterocycles. The van der Waals surface area contributed by atoms with Crippen LogP contribution in [0.4, 0.5) is 0 Å². The predicted molar refractivity (Wildman–Crippen MR) is 48.3 cm³/mol. The highest BCUT2D eigenvalue weighted by molar-refractivity contribution is 5.74. The average Bonchev–Trinajstić information content (AvgIpc) is 2.51. The summed E-state index contributed by atoms with van der Waals surface area (Å²) in [6, 6.07) is 0. The van der Waals surface area contributed by atoms with E-state index in [0.717, 1.165) is 0 Å². The second-order valence-electron chi connectivity index (χ2n) is 3.71. The summed E-state index contributed by atoms with van der Waals surface area (Å²) in [6.45, 7) is 0.605. The van der Waals surface area contributed by atoms with Gasteiger partial charge in [0.2, 0.25) is 5.91 Å². The third-order valence-electron chi connectivity index (χ3n) is 2.83. The molecule has 1 aliphatic carbocycles. The molecule has 0 spiro atoms. The first-order valence-electron chi connectivity index (χ1n) is 4.72. The highest BCUT2D eigenvalue weighted by atomic mass is 16.1. The zero-order valence-electron chi connectivity index (χ0n) is 7.46. The molecule has 1 aliphatic rings. The second kappa shape index (κ2) is 4.45. The molecule has 0 aromatic rings. The molecule has 1 rings (SSSR count). The van der Waals surface area contributed by atoms with Crippen LogP contribution in [0.3, 0.4) is 0 Å². The van der Waals surface area contributed by atoms with E-state index in [1.165, 1.54) is 25.7 Å². The van der Waals surface area contributed by atoms with Crippen LogP contribution in [0.2, 0.25) is 0 Å². The fourth-order valence-corrected chi connectivity index (χ4v) is 2.13. The van der Waals surface area contributed by atoms with Crippen molar-refractivity contribution in [1.29, 1.82) is 0 Å². The highest BCUT2D eigenvalue weighted by Gasteiger charge is 2.24. The third kappa shape index (κ3) is 2.48. The maximum Gasteiger partial charge on any atom is 0.217 e. The van der Waals surface area contributed by atoms with Crippen LogP contribution in [0.1, 0.15) is 32.1 Å². The molecule has 12 heavy (non-hydrogen) atoms. The number of carbonyl (C=O) groups is 1. The topological polar surface area (TPSA) is 69.1 Å². The Bertz CT molecular complexity index is 153. The van der Waals surface area contributed by atoms with Gasteiger partial charge in [-0.15, -0.1) is 0 Å². The molecule has 0 radical (unpaired) electrons. The number of nitrogens with two attached hydrogens (primary N) is 2. The summed E-state index contributed by atoms with van der Waals surface area (Å²) in [5, 5.41) is 0. The summed E-state index contributed by atoms with van der Waals surface area (Å²) in [4.78, 5) is 10.7. The van der Waals surface area contributed by atoms with Crippen LogP contribution in [-0.2, 0) is 4.79 Å². The Morgan fingerprint density at radius 2 is 2.00 bits per heavy atom. The number of amides is 1. The minimum absolute atomic E-state index is 0.211. The van der Waals surface area contributed by atoms with Crippen molar-refractivity contribution < 1.29 is 4.79 Å². The molecule has 0 bridgehead atoms. The van der Waals surface area contributed by atoms with Crippen LogP contribution in [0, 0.1) is 11.8 Å². The first kappa shape index (κ1) is 9.52. The molecule has 0 heterocycles. The SMILES string of the molecule is NCC(CC(N)=O)C1CCCC1. The van der Waals surface area contributed by atoms with E-state index >= 15 is 0 Å². The quantitative estimate of drug-likeness (QED) is 0.649. The summed E-state index contributed by atoms with van der Waals surface area (Å²) in [6.07, 6.45) is 5.52. The Kier molecular flexibility index (Phi) is 3.53. The first-order chi connectivity index (χ1) is 5.74. The molecular weight excluding hydrogens is 152 g/mol. The average molecular weight is 170 g/mol. The van der Waals surface area contributed by atoms with Gasteiger partial charge in [-0.25, -0.2) is 0 Å². The number of carbonyl (C=O) groups excluding carboxylic acids is 1. The summed E-state index contributed by atoms with van der Waals surface area (Å²) >= 11 is 0. The molecule has 0 aromatic heterocycles. The van der Waals surface area contributed by atoms with Gasteiger partial charge in [0, 0.05) is 6.42 Å². The molecule has 1 saturated carbocycles. The van der Waals surface area contributed by atoms with E-state index in [9.17, 15) is 4.79 Å². The Labute approximate surface area is 73.5 Å². The lowest BCUT2D eigenvalue weighted by molar-refractivity contribution is -0.119. The molecule has 1 fully saturated rings. The Morgan fingerprint density at radius 1 is 1.42 bits per heavy atom. The summed E-state index contributed by atoms with van der Waals surface area (Å²) in [5.74, 6) is 0.782. The van der Waals surface area contributed by atoms with E-state index in [1.807, 2.05) is 0 Å². The fraction of sp³-hybridized carbons (Fsp3) is 0.889. The van der Waals surface area contributed by atoms with Crippen molar-refractivity contribution in [2.75, 3.05) is 6.54 Å². The van der Waals surface area contributed by atoms with Gasteiger partial charge >= 0.3 is 0 Å². The predicted octanol–water partition coefficient (Wildman–Crippen LogP) is 0.627. The molecule has 1 atom stereocenters. The monoisotopic (exact) mass is 170 g/mol. The zero-order chi connectivity index (χ0) is 8.97. The third-order valence-corrected chi connectivity index (χ3v) is 2.83. The summed E-state index contributed by atoms with van der Waals surface area (Å²) in [7, 11) is 0. The van der Waals surface area contributed by atoms with Crippen LogP contribution in [0.25, 0.3) is 0 Å². The lowest BCUT2D eigenvalue weighted by Crippen LogP contribution is -2.27. The lowest BCUT2D eigenvalue weighted by Gasteiger charge is -2.19. The van der Waals surface area contributed by atoms with E-state index in [4.69, 9.17) is 11.5 Å². The smallest absolute Gasteiger partial charge is 0.217 e. The van der Waals surface area contributed by atoms with E-state index in [-0.39, 0.29) is 5.91 Å². The summed E-state index contributed by atoms with van der Waals surface area (Å²) < 4.78 is 0. The van der Waals surface area contributed by atoms with Crippen molar-refractivity contribution in [1.82, 2.24) is 0 Å². The number of rotatable bonds is 4. The van der Waals surface area contributed by atoms with Gasteiger partial charge in [-0.1, -0.05) is 25.7 Å². The van der Waals surface area contributed by atoms with Gasteiger partial charge < -0.3 is 11.5 Å². The van der Waals surface area contributed by atoms with Gasteiger partial charge in [-0.3, -0.25) is 4.79 Å². The Morgan fingerprint density at radius 3 is 2.42 bits per heavy atom. The van der Waals surface area contributed by atoms with E-state index < -0.39 is 0 Å². The number of hydrogen-bond donors (Lipinski definition) is 2. The fourth-order valence-electron chi connectivity index (χ4n) is 2.13. The van der Waals surface area contributed by atoms with Crippen molar-refractivity contribution in [2.24, 2.45) is 23.3 Å². The second-order valence-corrected chi connectivity index (χ2v) is 3.71. The van der Waals surface area contributed by atoms with Crippen LogP contribution < -0.4 is 11.5 Å². The van der Waals surface area contributed by atoms with Crippen molar-refractivity contribution in [3.05, 3.63) is 0 Å². The maximum absolute atomic E-state index is 10.7. The molecule has 0 aliphatic heterocycles. The van der Waals surface area contributed by atoms with Gasteiger partial charge in [-0.05, 0) is 18.4 Å². The van der Waals surface area contributed by atoms with Gasteiger partial charge in [-0.2, -0.15) is 0 Å². The van der Waals surface area contributed by atoms with Gasteiger partial charge in [0.25, 0.3) is 0 Å². The Balaban J connectivity index is 2.37. The molecule has 0 aromatic carbocycles.